The molecule has 9 heteroatoms. The maximum Gasteiger partial charge on any atom is 0.268 e. The molecular formula is C20H20Cl2N2O5. The Morgan fingerprint density at radius 3 is 2.59 bits per heavy atom. The number of aliphatic hydroxyl groups is 1. The average Bonchev–Trinajstić information content (AvgIpc) is 3.02. The second-order valence-electron chi connectivity index (χ2n) is 6.48. The summed E-state index contributed by atoms with van der Waals surface area (Å²) >= 11 is 12.2. The Labute approximate surface area is 178 Å². The molecule has 2 aromatic carbocycles. The van der Waals surface area contributed by atoms with Gasteiger partial charge in [-0.1, -0.05) is 47.5 Å². The molecule has 0 spiro atoms. The highest BCUT2D eigenvalue weighted by Crippen LogP contribution is 2.36. The van der Waals surface area contributed by atoms with Gasteiger partial charge < -0.3 is 14.7 Å². The molecule has 2 atom stereocenters. The number of amides is 2. The summed E-state index contributed by atoms with van der Waals surface area (Å²) < 4.78 is 5.48. The molecule has 2 aromatic rings. The lowest BCUT2D eigenvalue weighted by molar-refractivity contribution is -0.209. The molecule has 0 bridgehead atoms. The third-order valence-corrected chi connectivity index (χ3v) is 4.87. The van der Waals surface area contributed by atoms with Crippen molar-refractivity contribution in [1.29, 1.82) is 0 Å². The van der Waals surface area contributed by atoms with Gasteiger partial charge in [0.25, 0.3) is 5.91 Å². The fourth-order valence-corrected chi connectivity index (χ4v) is 3.43. The summed E-state index contributed by atoms with van der Waals surface area (Å²) in [7, 11) is 0. The van der Waals surface area contributed by atoms with Gasteiger partial charge in [0.05, 0.1) is 0 Å². The zero-order chi connectivity index (χ0) is 21.0. The van der Waals surface area contributed by atoms with Crippen LogP contribution in [0.3, 0.4) is 0 Å². The van der Waals surface area contributed by atoms with E-state index in [2.05, 4.69) is 0 Å². The van der Waals surface area contributed by atoms with E-state index in [0.717, 1.165) is 5.06 Å². The monoisotopic (exact) mass is 438 g/mol. The highest BCUT2D eigenvalue weighted by molar-refractivity contribution is 6.35. The molecule has 0 aromatic heterocycles. The Morgan fingerprint density at radius 2 is 1.93 bits per heavy atom. The minimum Gasteiger partial charge on any atom is -0.491 e. The van der Waals surface area contributed by atoms with Crippen molar-refractivity contribution in [2.45, 2.75) is 19.2 Å². The van der Waals surface area contributed by atoms with Gasteiger partial charge in [0.2, 0.25) is 5.91 Å². The molecule has 0 unspecified atom stereocenters. The molecule has 29 heavy (non-hydrogen) atoms. The molecular weight excluding hydrogens is 419 g/mol. The Hall–Kier alpha value is -2.32. The number of rotatable bonds is 7. The van der Waals surface area contributed by atoms with Gasteiger partial charge in [-0.25, -0.2) is 0 Å². The molecule has 1 saturated heterocycles. The highest BCUT2D eigenvalue weighted by Gasteiger charge is 2.42. The van der Waals surface area contributed by atoms with E-state index in [1.165, 1.54) is 17.9 Å². The van der Waals surface area contributed by atoms with E-state index in [1.807, 2.05) is 18.2 Å². The van der Waals surface area contributed by atoms with Gasteiger partial charge in [0, 0.05) is 22.5 Å². The summed E-state index contributed by atoms with van der Waals surface area (Å²) in [6.07, 6.45) is -1.84. The Kier molecular flexibility index (Phi) is 6.97. The Morgan fingerprint density at radius 1 is 1.21 bits per heavy atom. The minimum absolute atomic E-state index is 0.0190. The summed E-state index contributed by atoms with van der Waals surface area (Å²) in [5, 5.41) is 12.0. The number of halogens is 2. The number of aliphatic hydroxyl groups excluding tert-OH is 1. The second-order valence-corrected chi connectivity index (χ2v) is 7.32. The van der Waals surface area contributed by atoms with Crippen LogP contribution in [0.25, 0.3) is 0 Å². The molecule has 1 N–H and O–H groups in total. The fourth-order valence-electron chi connectivity index (χ4n) is 2.92. The first-order valence-corrected chi connectivity index (χ1v) is 9.65. The maximum absolute atomic E-state index is 12.5. The van der Waals surface area contributed by atoms with Crippen LogP contribution in [0.2, 0.25) is 10.0 Å². The van der Waals surface area contributed by atoms with Crippen molar-refractivity contribution in [2.24, 2.45) is 0 Å². The first-order valence-electron chi connectivity index (χ1n) is 8.90. The molecule has 0 radical (unpaired) electrons. The van der Waals surface area contributed by atoms with Crippen LogP contribution in [0.4, 0.5) is 0 Å². The third kappa shape index (κ3) is 5.19. The molecule has 1 aliphatic rings. The summed E-state index contributed by atoms with van der Waals surface area (Å²) in [4.78, 5) is 31.4. The predicted octanol–water partition coefficient (Wildman–Crippen LogP) is 3.05. The van der Waals surface area contributed by atoms with Gasteiger partial charge in [-0.3, -0.25) is 14.4 Å². The van der Waals surface area contributed by atoms with Crippen LogP contribution in [0.5, 0.6) is 5.75 Å². The first kappa shape index (κ1) is 21.4. The number of hydrogen-bond donors (Lipinski definition) is 1. The van der Waals surface area contributed by atoms with Crippen LogP contribution in [0.15, 0.2) is 48.5 Å². The van der Waals surface area contributed by atoms with Gasteiger partial charge in [-0.2, -0.15) is 5.06 Å². The standard InChI is InChI=1S/C20H20Cl2N2O5/c1-13(25)23-10-19(27)24(20(23)17-8-7-14(21)9-18(17)22)29-12-15(26)11-28-16-5-3-2-4-6-16/h2-9,15,20,26H,10-12H2,1H3/t15-,20-/m1/s1. The molecule has 1 fully saturated rings. The van der Waals surface area contributed by atoms with Crippen LogP contribution in [-0.2, 0) is 14.4 Å². The van der Waals surface area contributed by atoms with Gasteiger partial charge in [0.1, 0.15) is 31.6 Å². The summed E-state index contributed by atoms with van der Waals surface area (Å²) in [6, 6.07) is 13.8. The first-order chi connectivity index (χ1) is 13.9. The maximum atomic E-state index is 12.5. The van der Waals surface area contributed by atoms with Gasteiger partial charge in [-0.05, 0) is 24.3 Å². The smallest absolute Gasteiger partial charge is 0.268 e. The minimum atomic E-state index is -0.990. The van der Waals surface area contributed by atoms with Crippen LogP contribution in [-0.4, -0.2) is 52.7 Å². The van der Waals surface area contributed by atoms with Crippen molar-refractivity contribution in [3.63, 3.8) is 0 Å². The number of nitrogens with zero attached hydrogens (tertiary/aromatic N) is 2. The molecule has 154 valence electrons. The van der Waals surface area contributed by atoms with Crippen molar-refractivity contribution in [2.75, 3.05) is 19.8 Å². The lowest BCUT2D eigenvalue weighted by atomic mass is 10.1. The lowest BCUT2D eigenvalue weighted by Crippen LogP contribution is -2.37. The van der Waals surface area contributed by atoms with Crippen molar-refractivity contribution in [3.05, 3.63) is 64.1 Å². The van der Waals surface area contributed by atoms with E-state index >= 15 is 0 Å². The van der Waals surface area contributed by atoms with E-state index < -0.39 is 18.2 Å². The van der Waals surface area contributed by atoms with Crippen molar-refractivity contribution >= 4 is 35.0 Å². The topological polar surface area (TPSA) is 79.3 Å². The van der Waals surface area contributed by atoms with Gasteiger partial charge in [-0.15, -0.1) is 0 Å². The van der Waals surface area contributed by atoms with Crippen molar-refractivity contribution in [3.8, 4) is 5.75 Å². The van der Waals surface area contributed by atoms with E-state index in [1.54, 1.807) is 24.3 Å². The highest BCUT2D eigenvalue weighted by atomic mass is 35.5. The van der Waals surface area contributed by atoms with Crippen LogP contribution in [0.1, 0.15) is 18.7 Å². The third-order valence-electron chi connectivity index (χ3n) is 4.31. The van der Waals surface area contributed by atoms with E-state index in [9.17, 15) is 14.7 Å². The second kappa shape index (κ2) is 9.45. The molecule has 0 saturated carbocycles. The quantitative estimate of drug-likeness (QED) is 0.718. The number of hydroxylamine groups is 2. The van der Waals surface area contributed by atoms with Gasteiger partial charge >= 0.3 is 0 Å². The Balaban J connectivity index is 1.70. The molecule has 2 amide bonds. The Bertz CT molecular complexity index is 880. The summed E-state index contributed by atoms with van der Waals surface area (Å²) in [6.45, 7) is 0.979. The number of carbonyl (C=O) groups is 2. The number of benzene rings is 2. The van der Waals surface area contributed by atoms with Gasteiger partial charge in [0.15, 0.2) is 6.17 Å². The van der Waals surface area contributed by atoms with Crippen LogP contribution < -0.4 is 4.74 Å². The number of para-hydroxylation sites is 1. The number of hydrogen-bond acceptors (Lipinski definition) is 5. The normalized spacial score (nSPS) is 17.5. The van der Waals surface area contributed by atoms with E-state index in [0.29, 0.717) is 21.4 Å². The van der Waals surface area contributed by atoms with E-state index in [4.69, 9.17) is 32.8 Å². The van der Waals surface area contributed by atoms with E-state index in [-0.39, 0.29) is 25.7 Å². The molecule has 3 rings (SSSR count). The zero-order valence-electron chi connectivity index (χ0n) is 15.6. The van der Waals surface area contributed by atoms with Crippen molar-refractivity contribution in [1.82, 2.24) is 9.96 Å². The van der Waals surface area contributed by atoms with Crippen LogP contribution >= 0.6 is 23.2 Å². The summed E-state index contributed by atoms with van der Waals surface area (Å²) in [5.74, 6) is -0.127. The SMILES string of the molecule is CC(=O)N1CC(=O)N(OC[C@H](O)COc2ccccc2)[C@@H]1c1ccc(Cl)cc1Cl. The molecule has 0 aliphatic carbocycles. The lowest BCUT2D eigenvalue weighted by Gasteiger charge is -2.29. The molecule has 1 heterocycles. The summed E-state index contributed by atoms with van der Waals surface area (Å²) in [5.41, 5.74) is 0.493. The predicted molar refractivity (Wildman–Crippen MR) is 107 cm³/mol. The van der Waals surface area contributed by atoms with Crippen molar-refractivity contribution < 1.29 is 24.3 Å². The average molecular weight is 439 g/mol. The number of carbonyl (C=O) groups excluding carboxylic acids is 2. The van der Waals surface area contributed by atoms with Crippen LogP contribution in [0, 0.1) is 0 Å². The molecule has 1 aliphatic heterocycles. The fraction of sp³-hybridized carbons (Fsp3) is 0.300. The number of ether oxygens (including phenoxy) is 1. The zero-order valence-corrected chi connectivity index (χ0v) is 17.1. The largest absolute Gasteiger partial charge is 0.491 e. The molecule has 7 nitrogen and oxygen atoms in total.